The minimum Gasteiger partial charge on any atom is -0.477 e. The van der Waals surface area contributed by atoms with Crippen LogP contribution in [0.3, 0.4) is 0 Å². The zero-order valence-electron chi connectivity index (χ0n) is 10.9. The largest absolute Gasteiger partial charge is 0.477 e. The number of anilines is 1. The molecule has 7 nitrogen and oxygen atoms in total. The van der Waals surface area contributed by atoms with Gasteiger partial charge in [0.1, 0.15) is 0 Å². The molecule has 1 aliphatic heterocycles. The van der Waals surface area contributed by atoms with Gasteiger partial charge in [0.25, 0.3) is 5.91 Å². The summed E-state index contributed by atoms with van der Waals surface area (Å²) >= 11 is 0. The summed E-state index contributed by atoms with van der Waals surface area (Å²) in [7, 11) is 1.84. The van der Waals surface area contributed by atoms with Crippen molar-refractivity contribution in [3.63, 3.8) is 0 Å². The summed E-state index contributed by atoms with van der Waals surface area (Å²) in [6.07, 6.45) is -0.925. The van der Waals surface area contributed by atoms with Crippen LogP contribution in [0.2, 0.25) is 0 Å². The highest BCUT2D eigenvalue weighted by molar-refractivity contribution is 6.36. The number of nitrogens with one attached hydrogen (secondary N) is 2. The zero-order chi connectivity index (χ0) is 14.5. The lowest BCUT2D eigenvalue weighted by atomic mass is 10.1. The van der Waals surface area contributed by atoms with E-state index in [4.69, 9.17) is 9.94 Å². The van der Waals surface area contributed by atoms with E-state index in [9.17, 15) is 9.59 Å². The Morgan fingerprint density at radius 3 is 2.95 bits per heavy atom. The van der Waals surface area contributed by atoms with Crippen molar-refractivity contribution in [3.05, 3.63) is 29.8 Å². The first-order valence-corrected chi connectivity index (χ1v) is 6.10. The first-order valence-electron chi connectivity index (χ1n) is 6.10. The van der Waals surface area contributed by atoms with Crippen LogP contribution in [-0.4, -0.2) is 35.8 Å². The molecule has 1 heterocycles. The summed E-state index contributed by atoms with van der Waals surface area (Å²) in [6, 6.07) is 7.36. The Morgan fingerprint density at radius 2 is 2.30 bits per heavy atom. The molecule has 1 amide bonds. The SMILES string of the molecule is CNCc1cccc(NC(=O)C2CC(C(=O)O)=NO2)c1. The third kappa shape index (κ3) is 3.33. The molecule has 1 atom stereocenters. The third-order valence-corrected chi connectivity index (χ3v) is 2.78. The van der Waals surface area contributed by atoms with Crippen molar-refractivity contribution in [2.24, 2.45) is 5.16 Å². The molecule has 0 bridgehead atoms. The Labute approximate surface area is 115 Å². The number of carbonyl (C=O) groups is 2. The van der Waals surface area contributed by atoms with E-state index >= 15 is 0 Å². The van der Waals surface area contributed by atoms with Crippen LogP contribution >= 0.6 is 0 Å². The van der Waals surface area contributed by atoms with Crippen molar-refractivity contribution in [2.45, 2.75) is 19.1 Å². The van der Waals surface area contributed by atoms with Crippen molar-refractivity contribution in [1.82, 2.24) is 5.32 Å². The van der Waals surface area contributed by atoms with Gasteiger partial charge in [-0.15, -0.1) is 0 Å². The standard InChI is InChI=1S/C13H15N3O4/c1-14-7-8-3-2-4-9(5-8)15-12(17)11-6-10(13(18)19)16-20-11/h2-5,11,14H,6-7H2,1H3,(H,15,17)(H,18,19). The van der Waals surface area contributed by atoms with Crippen LogP contribution in [0.5, 0.6) is 0 Å². The highest BCUT2D eigenvalue weighted by atomic mass is 16.6. The minimum absolute atomic E-state index is 0.0304. The number of carboxylic acid groups (broad SMARTS) is 1. The van der Waals surface area contributed by atoms with Crippen LogP contribution in [0.25, 0.3) is 0 Å². The lowest BCUT2D eigenvalue weighted by Crippen LogP contribution is -2.29. The lowest BCUT2D eigenvalue weighted by molar-refractivity contribution is -0.129. The molecule has 0 radical (unpaired) electrons. The van der Waals surface area contributed by atoms with E-state index in [0.717, 1.165) is 5.56 Å². The van der Waals surface area contributed by atoms with Gasteiger partial charge in [-0.05, 0) is 24.7 Å². The Kier molecular flexibility index (Phi) is 4.31. The fourth-order valence-corrected chi connectivity index (χ4v) is 1.83. The van der Waals surface area contributed by atoms with Crippen molar-refractivity contribution in [2.75, 3.05) is 12.4 Å². The molecule has 0 saturated carbocycles. The number of carbonyl (C=O) groups excluding carboxylic acids is 1. The molecule has 1 aromatic rings. The van der Waals surface area contributed by atoms with Crippen molar-refractivity contribution < 1.29 is 19.5 Å². The Bertz CT molecular complexity index is 556. The van der Waals surface area contributed by atoms with Gasteiger partial charge in [0.15, 0.2) is 5.71 Å². The zero-order valence-corrected chi connectivity index (χ0v) is 10.9. The number of nitrogens with zero attached hydrogens (tertiary/aromatic N) is 1. The maximum atomic E-state index is 11.9. The van der Waals surface area contributed by atoms with Crippen LogP contribution in [-0.2, 0) is 21.0 Å². The van der Waals surface area contributed by atoms with E-state index in [0.29, 0.717) is 12.2 Å². The summed E-state index contributed by atoms with van der Waals surface area (Å²) in [5.41, 5.74) is 1.52. The molecule has 0 fully saturated rings. The first-order chi connectivity index (χ1) is 9.60. The number of amides is 1. The average Bonchev–Trinajstić information content (AvgIpc) is 2.89. The summed E-state index contributed by atoms with van der Waals surface area (Å²) in [4.78, 5) is 27.5. The van der Waals surface area contributed by atoms with E-state index in [2.05, 4.69) is 15.8 Å². The fourth-order valence-electron chi connectivity index (χ4n) is 1.83. The van der Waals surface area contributed by atoms with Crippen LogP contribution in [0.1, 0.15) is 12.0 Å². The van der Waals surface area contributed by atoms with Gasteiger partial charge in [0.2, 0.25) is 6.10 Å². The number of rotatable bonds is 5. The van der Waals surface area contributed by atoms with Gasteiger partial charge in [0.05, 0.1) is 0 Å². The normalized spacial score (nSPS) is 17.2. The molecule has 1 aromatic carbocycles. The van der Waals surface area contributed by atoms with Gasteiger partial charge in [-0.3, -0.25) is 4.79 Å². The Hall–Kier alpha value is -2.41. The molecule has 0 saturated heterocycles. The summed E-state index contributed by atoms with van der Waals surface area (Å²) < 4.78 is 0. The van der Waals surface area contributed by atoms with E-state index in [-0.39, 0.29) is 12.1 Å². The summed E-state index contributed by atoms with van der Waals surface area (Å²) in [6.45, 7) is 0.690. The number of hydrogen-bond donors (Lipinski definition) is 3. The molecule has 1 unspecified atom stereocenters. The van der Waals surface area contributed by atoms with E-state index in [1.807, 2.05) is 25.2 Å². The van der Waals surface area contributed by atoms with Gasteiger partial charge >= 0.3 is 5.97 Å². The molecule has 2 rings (SSSR count). The fraction of sp³-hybridized carbons (Fsp3) is 0.308. The minimum atomic E-state index is -1.17. The predicted octanol–water partition coefficient (Wildman–Crippen LogP) is 0.574. The summed E-state index contributed by atoms with van der Waals surface area (Å²) in [5.74, 6) is -1.58. The van der Waals surface area contributed by atoms with Gasteiger partial charge in [-0.1, -0.05) is 17.3 Å². The molecule has 1 aliphatic rings. The van der Waals surface area contributed by atoms with Crippen molar-refractivity contribution in [1.29, 1.82) is 0 Å². The van der Waals surface area contributed by atoms with Crippen LogP contribution in [0.4, 0.5) is 5.69 Å². The predicted molar refractivity (Wildman–Crippen MR) is 72.4 cm³/mol. The number of benzene rings is 1. The molecule has 106 valence electrons. The monoisotopic (exact) mass is 277 g/mol. The molecule has 3 N–H and O–H groups in total. The molecule has 0 aliphatic carbocycles. The van der Waals surface area contributed by atoms with Gasteiger partial charge < -0.3 is 20.6 Å². The second-order valence-electron chi connectivity index (χ2n) is 4.36. The molecule has 7 heteroatoms. The van der Waals surface area contributed by atoms with Gasteiger partial charge in [-0.25, -0.2) is 4.79 Å². The summed E-state index contributed by atoms with van der Waals surface area (Å²) in [5, 5.41) is 17.8. The van der Waals surface area contributed by atoms with Crippen LogP contribution < -0.4 is 10.6 Å². The van der Waals surface area contributed by atoms with E-state index < -0.39 is 18.0 Å². The second-order valence-corrected chi connectivity index (χ2v) is 4.36. The molecule has 0 spiro atoms. The van der Waals surface area contributed by atoms with Gasteiger partial charge in [0, 0.05) is 18.7 Å². The van der Waals surface area contributed by atoms with Crippen molar-refractivity contribution >= 4 is 23.3 Å². The number of hydrogen-bond acceptors (Lipinski definition) is 5. The number of carboxylic acids is 1. The topological polar surface area (TPSA) is 100 Å². The van der Waals surface area contributed by atoms with E-state index in [1.165, 1.54) is 0 Å². The van der Waals surface area contributed by atoms with Crippen LogP contribution in [0.15, 0.2) is 29.4 Å². The third-order valence-electron chi connectivity index (χ3n) is 2.78. The lowest BCUT2D eigenvalue weighted by Gasteiger charge is -2.10. The Balaban J connectivity index is 1.95. The number of aliphatic carboxylic acids is 1. The molecule has 20 heavy (non-hydrogen) atoms. The maximum Gasteiger partial charge on any atom is 0.353 e. The first kappa shape index (κ1) is 14.0. The maximum absolute atomic E-state index is 11.9. The quantitative estimate of drug-likeness (QED) is 0.730. The van der Waals surface area contributed by atoms with Crippen LogP contribution in [0, 0.1) is 0 Å². The molecule has 0 aromatic heterocycles. The highest BCUT2D eigenvalue weighted by Gasteiger charge is 2.31. The van der Waals surface area contributed by atoms with Gasteiger partial charge in [-0.2, -0.15) is 0 Å². The van der Waals surface area contributed by atoms with Crippen molar-refractivity contribution in [3.8, 4) is 0 Å². The second kappa shape index (κ2) is 6.16. The molecular formula is C13H15N3O4. The van der Waals surface area contributed by atoms with E-state index in [1.54, 1.807) is 6.07 Å². The number of oxime groups is 1. The molecular weight excluding hydrogens is 262 g/mol. The highest BCUT2D eigenvalue weighted by Crippen LogP contribution is 2.15. The smallest absolute Gasteiger partial charge is 0.353 e. The average molecular weight is 277 g/mol. The Morgan fingerprint density at radius 1 is 1.50 bits per heavy atom.